The molecule has 2 aliphatic rings. The molecule has 2 saturated heterocycles. The average Bonchev–Trinajstić information content (AvgIpc) is 4.14. The Hall–Kier alpha value is -5.78. The van der Waals surface area contributed by atoms with Gasteiger partial charge in [-0.2, -0.15) is 0 Å². The van der Waals surface area contributed by atoms with Crippen LogP contribution in [0.15, 0.2) is 103 Å². The van der Waals surface area contributed by atoms with Crippen LogP contribution in [-0.4, -0.2) is 78.6 Å². The lowest BCUT2D eigenvalue weighted by atomic mass is 9.94. The second kappa shape index (κ2) is 19.5. The van der Waals surface area contributed by atoms with Crippen LogP contribution >= 0.6 is 0 Å². The fraction of sp³-hybridized carbons (Fsp3) is 0.412. The van der Waals surface area contributed by atoms with E-state index in [1.165, 1.54) is 31.2 Å². The Morgan fingerprint density at radius 3 is 2.06 bits per heavy atom. The number of nitrogens with one attached hydrogen (secondary N) is 4. The number of likely N-dealkylation sites (tertiary alicyclic amines) is 2. The summed E-state index contributed by atoms with van der Waals surface area (Å²) in [6.45, 7) is 10.8. The van der Waals surface area contributed by atoms with Gasteiger partial charge < -0.3 is 30.6 Å². The van der Waals surface area contributed by atoms with E-state index in [2.05, 4.69) is 130 Å². The molecule has 2 fully saturated rings. The van der Waals surface area contributed by atoms with E-state index in [9.17, 15) is 14.7 Å². The Labute approximate surface area is 365 Å². The number of fused-ring (bicyclic) bond motifs is 1. The van der Waals surface area contributed by atoms with Crippen molar-refractivity contribution in [2.75, 3.05) is 19.6 Å². The van der Waals surface area contributed by atoms with Crippen molar-refractivity contribution in [1.29, 1.82) is 0 Å². The van der Waals surface area contributed by atoms with Crippen molar-refractivity contribution in [3.63, 3.8) is 0 Å². The first kappa shape index (κ1) is 42.9. The highest BCUT2D eigenvalue weighted by molar-refractivity contribution is 5.91. The summed E-state index contributed by atoms with van der Waals surface area (Å²) in [5.74, 6) is 1.41. The van der Waals surface area contributed by atoms with Crippen LogP contribution in [0.2, 0.25) is 0 Å². The second-order valence-electron chi connectivity index (χ2n) is 17.5. The van der Waals surface area contributed by atoms with Crippen molar-refractivity contribution in [3.05, 3.63) is 121 Å². The summed E-state index contributed by atoms with van der Waals surface area (Å²) < 4.78 is 0. The molecular weight excluding hydrogens is 773 g/mol. The molecule has 11 heteroatoms. The highest BCUT2D eigenvalue weighted by Gasteiger charge is 2.38. The minimum absolute atomic E-state index is 0.171. The van der Waals surface area contributed by atoms with Gasteiger partial charge in [0.15, 0.2) is 0 Å². The summed E-state index contributed by atoms with van der Waals surface area (Å²) in [6.07, 6.45) is 11.3. The Morgan fingerprint density at radius 2 is 1.39 bits per heavy atom. The van der Waals surface area contributed by atoms with Gasteiger partial charge in [0.2, 0.25) is 5.91 Å². The molecule has 0 radical (unpaired) electrons. The van der Waals surface area contributed by atoms with Crippen LogP contribution in [0.3, 0.4) is 0 Å². The maximum Gasteiger partial charge on any atom is 0.405 e. The van der Waals surface area contributed by atoms with E-state index >= 15 is 0 Å². The van der Waals surface area contributed by atoms with Crippen LogP contribution in [-0.2, 0) is 4.79 Å². The van der Waals surface area contributed by atoms with Crippen molar-refractivity contribution in [1.82, 2.24) is 40.4 Å². The van der Waals surface area contributed by atoms with Gasteiger partial charge in [-0.05, 0) is 103 Å². The minimum Gasteiger partial charge on any atom is -0.465 e. The van der Waals surface area contributed by atoms with Crippen molar-refractivity contribution in [2.24, 2.45) is 5.92 Å². The molecular formula is C51H62N8O3. The average molecular weight is 835 g/mol. The number of nitrogens with zero attached hydrogens (tertiary/aromatic N) is 4. The highest BCUT2D eigenvalue weighted by Crippen LogP contribution is 2.38. The summed E-state index contributed by atoms with van der Waals surface area (Å²) >= 11 is 0. The maximum absolute atomic E-state index is 13.5. The van der Waals surface area contributed by atoms with Gasteiger partial charge in [0.1, 0.15) is 17.7 Å². The first-order valence-electron chi connectivity index (χ1n) is 22.8. The zero-order valence-corrected chi connectivity index (χ0v) is 36.6. The number of carbonyl (C=O) groups excluding carboxylic acids is 1. The van der Waals surface area contributed by atoms with Gasteiger partial charge in [-0.15, -0.1) is 0 Å². The first-order chi connectivity index (χ1) is 30.2. The van der Waals surface area contributed by atoms with E-state index in [0.29, 0.717) is 18.6 Å². The van der Waals surface area contributed by atoms with Gasteiger partial charge in [0, 0.05) is 24.2 Å². The third-order valence-corrected chi connectivity index (χ3v) is 13.1. The number of hydrogen-bond donors (Lipinski definition) is 5. The predicted octanol–water partition coefficient (Wildman–Crippen LogP) is 10.7. The largest absolute Gasteiger partial charge is 0.465 e. The number of rotatable bonds is 17. The van der Waals surface area contributed by atoms with Gasteiger partial charge in [-0.3, -0.25) is 9.69 Å². The summed E-state index contributed by atoms with van der Waals surface area (Å²) in [6, 6.07) is 32.8. The monoisotopic (exact) mass is 834 g/mol. The molecule has 11 nitrogen and oxygen atoms in total. The molecule has 0 bridgehead atoms. The molecule has 2 amide bonds. The number of carbonyl (C=O) groups is 2. The van der Waals surface area contributed by atoms with E-state index in [1.54, 1.807) is 4.90 Å². The number of aromatic amines is 2. The van der Waals surface area contributed by atoms with Gasteiger partial charge >= 0.3 is 6.09 Å². The van der Waals surface area contributed by atoms with E-state index in [4.69, 9.17) is 9.97 Å². The van der Waals surface area contributed by atoms with Crippen molar-refractivity contribution in [3.8, 4) is 33.6 Å². The number of imidazole rings is 2. The number of aromatic nitrogens is 4. The summed E-state index contributed by atoms with van der Waals surface area (Å²) in [5.41, 5.74) is 7.74. The topological polar surface area (TPSA) is 142 Å². The van der Waals surface area contributed by atoms with Crippen LogP contribution < -0.4 is 10.6 Å². The molecule has 5 atom stereocenters. The molecule has 62 heavy (non-hydrogen) atoms. The first-order valence-corrected chi connectivity index (χ1v) is 22.8. The molecule has 0 saturated carbocycles. The van der Waals surface area contributed by atoms with Crippen LogP contribution in [0, 0.1) is 5.92 Å². The number of carboxylic acid groups (broad SMARTS) is 1. The van der Waals surface area contributed by atoms with Crippen LogP contribution in [0.25, 0.3) is 44.4 Å². The molecule has 324 valence electrons. The summed E-state index contributed by atoms with van der Waals surface area (Å²) in [4.78, 5) is 46.3. The molecule has 6 aromatic rings. The van der Waals surface area contributed by atoms with E-state index in [1.807, 2.05) is 26.2 Å². The highest BCUT2D eigenvalue weighted by atomic mass is 16.4. The summed E-state index contributed by atoms with van der Waals surface area (Å²) in [7, 11) is 0. The van der Waals surface area contributed by atoms with Crippen molar-refractivity contribution in [2.45, 2.75) is 109 Å². The lowest BCUT2D eigenvalue weighted by Gasteiger charge is -2.35. The quantitative estimate of drug-likeness (QED) is 0.0616. The zero-order valence-electron chi connectivity index (χ0n) is 36.6. The molecule has 4 aromatic carbocycles. The fourth-order valence-electron chi connectivity index (χ4n) is 9.80. The number of amides is 2. The lowest BCUT2D eigenvalue weighted by molar-refractivity contribution is -0.135. The van der Waals surface area contributed by atoms with E-state index in [0.717, 1.165) is 94.8 Å². The number of unbranched alkanes of at least 4 members (excludes halogenated alkanes) is 1. The zero-order chi connectivity index (χ0) is 43.2. The van der Waals surface area contributed by atoms with E-state index < -0.39 is 12.1 Å². The Bertz CT molecular complexity index is 2420. The Kier molecular flexibility index (Phi) is 13.5. The van der Waals surface area contributed by atoms with Crippen LogP contribution in [0.4, 0.5) is 4.79 Å². The second-order valence-corrected chi connectivity index (χ2v) is 17.5. The molecule has 2 aliphatic heterocycles. The Morgan fingerprint density at radius 1 is 0.774 bits per heavy atom. The SMILES string of the molecule is CCCCC(CC(NCC)c1ccccc1)N1CCCC1c1ncc(-c2ccc(-c3ccc4cc(-c5cnc(C6CCCN6C(=O)C(NC(=O)O)C(C)C)[nH]5)ccc4c3)cc2)[nH]1. The number of hydrogen-bond acceptors (Lipinski definition) is 6. The standard InChI is InChI=1S/C51H62N8O3/c1-5-7-15-41(30-42(52-6-2)35-13-9-8-10-14-35)58-26-11-16-45(58)48-53-31-43(55-48)36-20-18-34(19-21-36)37-22-23-39-29-40(25-24-38(39)28-37)44-32-54-49(56-44)46-17-12-27-59(46)50(60)47(33(3)4)57-51(61)62/h8-10,13-14,18-25,28-29,31-33,41-42,45-47,52,57H,5-7,11-12,15-17,26-27,30H2,1-4H3,(H,53,55)(H,54,56)(H,61,62). The normalized spacial score (nSPS) is 18.4. The maximum atomic E-state index is 13.5. The van der Waals surface area contributed by atoms with Gasteiger partial charge in [0.25, 0.3) is 0 Å². The molecule has 5 unspecified atom stereocenters. The predicted molar refractivity (Wildman–Crippen MR) is 247 cm³/mol. The molecule has 2 aromatic heterocycles. The van der Waals surface area contributed by atoms with Crippen molar-refractivity contribution < 1.29 is 14.7 Å². The number of benzene rings is 4. The molecule has 4 heterocycles. The molecule has 0 spiro atoms. The molecule has 8 rings (SSSR count). The Balaban J connectivity index is 0.940. The van der Waals surface area contributed by atoms with Crippen LogP contribution in [0.5, 0.6) is 0 Å². The van der Waals surface area contributed by atoms with E-state index in [-0.39, 0.29) is 23.9 Å². The lowest BCUT2D eigenvalue weighted by Crippen LogP contribution is -2.50. The third kappa shape index (κ3) is 9.49. The van der Waals surface area contributed by atoms with Crippen LogP contribution in [0.1, 0.15) is 114 Å². The smallest absolute Gasteiger partial charge is 0.405 e. The summed E-state index contributed by atoms with van der Waals surface area (Å²) in [5, 5.41) is 17.8. The van der Waals surface area contributed by atoms with Gasteiger partial charge in [-0.1, -0.05) is 119 Å². The van der Waals surface area contributed by atoms with Gasteiger partial charge in [-0.25, -0.2) is 14.8 Å². The minimum atomic E-state index is -1.19. The van der Waals surface area contributed by atoms with Crippen molar-refractivity contribution >= 4 is 22.8 Å². The fourth-order valence-corrected chi connectivity index (χ4v) is 9.80. The third-order valence-electron chi connectivity index (χ3n) is 13.1. The number of H-pyrrole nitrogens is 2. The molecule has 5 N–H and O–H groups in total. The molecule has 0 aliphatic carbocycles. The van der Waals surface area contributed by atoms with Gasteiger partial charge in [0.05, 0.1) is 35.9 Å².